The predicted molar refractivity (Wildman–Crippen MR) is 186 cm³/mol. The van der Waals surface area contributed by atoms with Crippen molar-refractivity contribution >= 4 is 65.8 Å². The number of nitrogens with two attached hydrogens (primary N) is 2. The number of carboxylic acids is 1. The Hall–Kier alpha value is -3.09. The maximum absolute atomic E-state index is 13.4. The molecular formula is C30H54N8O8S2. The van der Waals surface area contributed by atoms with Crippen molar-refractivity contribution in [3.05, 3.63) is 0 Å². The highest BCUT2D eigenvalue weighted by Crippen LogP contribution is 2.19. The number of amides is 6. The van der Waals surface area contributed by atoms with Gasteiger partial charge in [-0.05, 0) is 76.8 Å². The summed E-state index contributed by atoms with van der Waals surface area (Å²) in [7, 11) is 0. The normalized spacial score (nSPS) is 18.1. The number of thiol groups is 1. The fourth-order valence-corrected chi connectivity index (χ4v) is 5.72. The fourth-order valence-electron chi connectivity index (χ4n) is 4.98. The second-order valence-corrected chi connectivity index (χ2v) is 13.5. The molecule has 10 N–H and O–H groups in total. The van der Waals surface area contributed by atoms with Crippen molar-refractivity contribution in [2.75, 3.05) is 30.9 Å². The number of hydrogen-bond acceptors (Lipinski definition) is 11. The Bertz CT molecular complexity index is 1130. The van der Waals surface area contributed by atoms with Crippen LogP contribution in [0.5, 0.6) is 0 Å². The number of thioether (sulfide) groups is 1. The molecule has 0 aliphatic carbocycles. The Labute approximate surface area is 292 Å². The van der Waals surface area contributed by atoms with E-state index in [0.29, 0.717) is 44.4 Å². The number of nitrogens with zero attached hydrogens (tertiary/aromatic N) is 1. The smallest absolute Gasteiger partial charge is 0.326 e. The molecule has 0 bridgehead atoms. The van der Waals surface area contributed by atoms with Gasteiger partial charge in [0.05, 0.1) is 6.04 Å². The van der Waals surface area contributed by atoms with Gasteiger partial charge in [-0.2, -0.15) is 24.4 Å². The summed E-state index contributed by atoms with van der Waals surface area (Å²) >= 11 is 5.70. The van der Waals surface area contributed by atoms with Crippen LogP contribution in [-0.4, -0.2) is 125 Å². The third kappa shape index (κ3) is 13.8. The van der Waals surface area contributed by atoms with E-state index in [2.05, 4.69) is 39.2 Å². The van der Waals surface area contributed by atoms with Crippen molar-refractivity contribution in [1.82, 2.24) is 31.5 Å². The van der Waals surface area contributed by atoms with E-state index in [1.807, 2.05) is 6.26 Å². The molecule has 1 fully saturated rings. The first-order valence-corrected chi connectivity index (χ1v) is 18.2. The molecule has 0 aromatic heterocycles. The lowest BCUT2D eigenvalue weighted by molar-refractivity contribution is -0.143. The Morgan fingerprint density at radius 3 is 2.04 bits per heavy atom. The van der Waals surface area contributed by atoms with Crippen molar-refractivity contribution in [3.8, 4) is 0 Å². The van der Waals surface area contributed by atoms with Crippen LogP contribution in [-0.2, 0) is 33.6 Å². The highest BCUT2D eigenvalue weighted by Gasteiger charge is 2.39. The fraction of sp³-hybridized carbons (Fsp3) is 0.767. The summed E-state index contributed by atoms with van der Waals surface area (Å²) in [6.45, 7) is 6.99. The monoisotopic (exact) mass is 718 g/mol. The topological polar surface area (TPSA) is 255 Å². The summed E-state index contributed by atoms with van der Waals surface area (Å²) in [6.07, 6.45) is 4.43. The highest BCUT2D eigenvalue weighted by atomic mass is 32.2. The van der Waals surface area contributed by atoms with Gasteiger partial charge in [0.15, 0.2) is 0 Å². The number of unbranched alkanes of at least 4 members (excludes halogenated alkanes) is 1. The molecule has 0 aromatic carbocycles. The number of aliphatic carboxylic acids is 1. The van der Waals surface area contributed by atoms with E-state index in [9.17, 15) is 38.7 Å². The number of hydrogen-bond donors (Lipinski definition) is 9. The van der Waals surface area contributed by atoms with E-state index < -0.39 is 89.6 Å². The van der Waals surface area contributed by atoms with E-state index >= 15 is 0 Å². The molecule has 0 saturated carbocycles. The Morgan fingerprint density at radius 1 is 0.854 bits per heavy atom. The predicted octanol–water partition coefficient (Wildman–Crippen LogP) is -1.68. The summed E-state index contributed by atoms with van der Waals surface area (Å²) in [5, 5.41) is 22.3. The van der Waals surface area contributed by atoms with Crippen LogP contribution in [0.4, 0.5) is 0 Å². The SMILES string of the molecule is CSCC[C@H](N)C(=O)N[C@@H](C)C(=O)N[C@@H](C)C(=O)N1CCC[C@H]1C(=O)N[C@H](C(=O)N[C@@H](CS)C(=O)N[C@@H](CCCCN)C(=O)O)C(C)C. The van der Waals surface area contributed by atoms with E-state index in [1.54, 1.807) is 25.6 Å². The van der Waals surface area contributed by atoms with Crippen molar-refractivity contribution in [1.29, 1.82) is 0 Å². The van der Waals surface area contributed by atoms with E-state index in [0.717, 1.165) is 0 Å². The molecule has 7 atom stereocenters. The second-order valence-electron chi connectivity index (χ2n) is 12.2. The van der Waals surface area contributed by atoms with Crippen molar-refractivity contribution in [2.24, 2.45) is 17.4 Å². The van der Waals surface area contributed by atoms with Gasteiger partial charge in [0.25, 0.3) is 0 Å². The molecule has 0 radical (unpaired) electrons. The lowest BCUT2D eigenvalue weighted by atomic mass is 10.0. The Balaban J connectivity index is 2.86. The lowest BCUT2D eigenvalue weighted by Gasteiger charge is -2.30. The van der Waals surface area contributed by atoms with Gasteiger partial charge in [-0.3, -0.25) is 28.8 Å². The zero-order valence-electron chi connectivity index (χ0n) is 28.5. The first-order chi connectivity index (χ1) is 22.6. The largest absolute Gasteiger partial charge is 0.480 e. The molecular weight excluding hydrogens is 665 g/mol. The zero-order chi connectivity index (χ0) is 36.6. The molecule has 0 spiro atoms. The number of rotatable bonds is 21. The summed E-state index contributed by atoms with van der Waals surface area (Å²) in [6, 6.07) is -7.08. The van der Waals surface area contributed by atoms with Crippen molar-refractivity contribution < 1.29 is 38.7 Å². The van der Waals surface area contributed by atoms with Gasteiger partial charge in [-0.1, -0.05) is 13.8 Å². The molecule has 274 valence electrons. The van der Waals surface area contributed by atoms with Crippen LogP contribution in [0, 0.1) is 5.92 Å². The number of nitrogens with one attached hydrogen (secondary N) is 5. The first kappa shape index (κ1) is 42.9. The molecule has 0 aromatic rings. The number of likely N-dealkylation sites (tertiary alicyclic amines) is 1. The third-order valence-corrected chi connectivity index (χ3v) is 8.92. The highest BCUT2D eigenvalue weighted by molar-refractivity contribution is 7.98. The van der Waals surface area contributed by atoms with Crippen LogP contribution in [0.15, 0.2) is 0 Å². The van der Waals surface area contributed by atoms with Gasteiger partial charge in [0, 0.05) is 12.3 Å². The van der Waals surface area contributed by atoms with Crippen LogP contribution in [0.3, 0.4) is 0 Å². The van der Waals surface area contributed by atoms with Gasteiger partial charge in [-0.15, -0.1) is 0 Å². The minimum atomic E-state index is -1.22. The van der Waals surface area contributed by atoms with E-state index in [1.165, 1.54) is 18.7 Å². The molecule has 1 heterocycles. The average Bonchev–Trinajstić information content (AvgIpc) is 3.53. The summed E-state index contributed by atoms with van der Waals surface area (Å²) < 4.78 is 0. The maximum Gasteiger partial charge on any atom is 0.326 e. The standard InChI is InChI=1S/C30H54N8O8S2/c1-16(2)23(28(43)36-21(15-47)26(41)35-20(30(45)46)9-6-7-12-31)37-27(42)22-10-8-13-38(22)29(44)18(4)34-24(39)17(3)33-25(40)19(32)11-14-48-5/h16-23,47H,6-15,31-32H2,1-5H3,(H,33,40)(H,34,39)(H,35,41)(H,36,43)(H,37,42)(H,45,46)/t17-,18-,19-,20-,21-,22-,23-/m0/s1. The van der Waals surface area contributed by atoms with E-state index in [-0.39, 0.29) is 18.7 Å². The molecule has 48 heavy (non-hydrogen) atoms. The molecule has 16 nitrogen and oxygen atoms in total. The number of carboxylic acid groups (broad SMARTS) is 1. The van der Waals surface area contributed by atoms with Gasteiger partial charge in [-0.25, -0.2) is 4.79 Å². The lowest BCUT2D eigenvalue weighted by Crippen LogP contribution is -2.60. The van der Waals surface area contributed by atoms with Crippen LogP contribution in [0.1, 0.15) is 66.2 Å². The minimum absolute atomic E-state index is 0.132. The summed E-state index contributed by atoms with van der Waals surface area (Å²) in [4.78, 5) is 90.9. The van der Waals surface area contributed by atoms with Gasteiger partial charge >= 0.3 is 5.97 Å². The number of carbonyl (C=O) groups excluding carboxylic acids is 6. The molecule has 18 heteroatoms. The third-order valence-electron chi connectivity index (χ3n) is 7.91. The van der Waals surface area contributed by atoms with Crippen LogP contribution in [0.25, 0.3) is 0 Å². The van der Waals surface area contributed by atoms with E-state index in [4.69, 9.17) is 11.5 Å². The average molecular weight is 719 g/mol. The summed E-state index contributed by atoms with van der Waals surface area (Å²) in [5.74, 6) is -4.65. The van der Waals surface area contributed by atoms with Crippen LogP contribution < -0.4 is 38.1 Å². The van der Waals surface area contributed by atoms with Gasteiger partial charge in [0.2, 0.25) is 35.4 Å². The maximum atomic E-state index is 13.4. The van der Waals surface area contributed by atoms with Crippen LogP contribution >= 0.6 is 24.4 Å². The first-order valence-electron chi connectivity index (χ1n) is 16.2. The molecule has 1 saturated heterocycles. The quantitative estimate of drug-likeness (QED) is 0.0479. The molecule has 0 unspecified atom stereocenters. The molecule has 6 amide bonds. The molecule has 1 rings (SSSR count). The molecule has 1 aliphatic heterocycles. The Kier molecular flexibility index (Phi) is 19.5. The number of carbonyl (C=O) groups is 7. The Morgan fingerprint density at radius 2 is 1.48 bits per heavy atom. The van der Waals surface area contributed by atoms with Gasteiger partial charge < -0.3 is 48.1 Å². The minimum Gasteiger partial charge on any atom is -0.480 e. The van der Waals surface area contributed by atoms with Gasteiger partial charge in [0.1, 0.15) is 36.3 Å². The van der Waals surface area contributed by atoms with Crippen LogP contribution in [0.2, 0.25) is 0 Å². The zero-order valence-corrected chi connectivity index (χ0v) is 30.2. The summed E-state index contributed by atoms with van der Waals surface area (Å²) in [5.41, 5.74) is 11.3. The molecule has 1 aliphatic rings. The second kappa shape index (κ2) is 21.8. The van der Waals surface area contributed by atoms with Crippen molar-refractivity contribution in [3.63, 3.8) is 0 Å². The van der Waals surface area contributed by atoms with Crippen molar-refractivity contribution in [2.45, 2.75) is 109 Å².